The van der Waals surface area contributed by atoms with Crippen LogP contribution in [0.1, 0.15) is 43.2 Å². The highest BCUT2D eigenvalue weighted by atomic mass is 32.1. The molecule has 1 amide bonds. The smallest absolute Gasteiger partial charge is 0.226 e. The second-order valence-electron chi connectivity index (χ2n) is 5.57. The molecular formula is C14H21N3OS. The number of hydrogen-bond donors (Lipinski definition) is 2. The van der Waals surface area contributed by atoms with Crippen molar-refractivity contribution in [1.29, 1.82) is 5.26 Å². The van der Waals surface area contributed by atoms with E-state index < -0.39 is 0 Å². The Labute approximate surface area is 118 Å². The topological polar surface area (TPSA) is 64.9 Å². The lowest BCUT2D eigenvalue weighted by Crippen LogP contribution is -2.37. The lowest BCUT2D eigenvalue weighted by molar-refractivity contribution is -0.116. The normalized spacial score (nSPS) is 11.2. The number of aryl methyl sites for hydroxylation is 1. The first-order valence-corrected chi connectivity index (χ1v) is 7.11. The third kappa shape index (κ3) is 4.66. The summed E-state index contributed by atoms with van der Waals surface area (Å²) in [6.07, 6.45) is 0.401. The molecule has 0 bridgehead atoms. The molecule has 0 aliphatic carbocycles. The maximum atomic E-state index is 11.8. The van der Waals surface area contributed by atoms with Gasteiger partial charge < -0.3 is 10.6 Å². The van der Waals surface area contributed by atoms with Crippen LogP contribution in [0.25, 0.3) is 0 Å². The summed E-state index contributed by atoms with van der Waals surface area (Å²) in [4.78, 5) is 12.9. The third-order valence-corrected chi connectivity index (χ3v) is 3.88. The van der Waals surface area contributed by atoms with E-state index in [1.807, 2.05) is 13.8 Å². The van der Waals surface area contributed by atoms with Crippen molar-refractivity contribution >= 4 is 22.2 Å². The zero-order chi connectivity index (χ0) is 14.6. The largest absolute Gasteiger partial charge is 0.317 e. The number of anilines is 1. The average Bonchev–Trinajstić information content (AvgIpc) is 2.52. The van der Waals surface area contributed by atoms with Gasteiger partial charge in [0.15, 0.2) is 0 Å². The minimum atomic E-state index is -0.0606. The Morgan fingerprint density at radius 2 is 2.00 bits per heavy atom. The fourth-order valence-corrected chi connectivity index (χ4v) is 2.62. The number of rotatable bonds is 4. The van der Waals surface area contributed by atoms with Crippen molar-refractivity contribution in [3.05, 3.63) is 16.0 Å². The van der Waals surface area contributed by atoms with E-state index in [0.29, 0.717) is 23.5 Å². The number of nitrogens with zero attached hydrogens (tertiary/aromatic N) is 1. The van der Waals surface area contributed by atoms with Crippen molar-refractivity contribution in [2.75, 3.05) is 11.9 Å². The van der Waals surface area contributed by atoms with Gasteiger partial charge in [-0.25, -0.2) is 0 Å². The molecule has 0 unspecified atom stereocenters. The van der Waals surface area contributed by atoms with Gasteiger partial charge in [0, 0.05) is 23.4 Å². The van der Waals surface area contributed by atoms with Gasteiger partial charge in [0.05, 0.1) is 5.56 Å². The van der Waals surface area contributed by atoms with E-state index in [4.69, 9.17) is 5.26 Å². The predicted molar refractivity (Wildman–Crippen MR) is 79.5 cm³/mol. The Kier molecular flexibility index (Phi) is 5.10. The number of carbonyl (C=O) groups excluding carboxylic acids is 1. The van der Waals surface area contributed by atoms with Crippen LogP contribution < -0.4 is 10.6 Å². The molecule has 1 heterocycles. The molecule has 0 saturated heterocycles. The third-order valence-electron chi connectivity index (χ3n) is 2.76. The summed E-state index contributed by atoms with van der Waals surface area (Å²) in [7, 11) is 0. The lowest BCUT2D eigenvalue weighted by atomic mass is 10.1. The molecule has 1 rings (SSSR count). The van der Waals surface area contributed by atoms with Crippen molar-refractivity contribution in [1.82, 2.24) is 5.32 Å². The molecule has 0 radical (unpaired) electrons. The van der Waals surface area contributed by atoms with Crippen molar-refractivity contribution in [2.45, 2.75) is 46.6 Å². The zero-order valence-electron chi connectivity index (χ0n) is 12.2. The Balaban J connectivity index is 2.59. The summed E-state index contributed by atoms with van der Waals surface area (Å²) >= 11 is 1.46. The molecule has 0 aliphatic heterocycles. The summed E-state index contributed by atoms with van der Waals surface area (Å²) in [5.74, 6) is -0.0606. The molecule has 0 saturated carbocycles. The molecule has 4 nitrogen and oxygen atoms in total. The molecule has 0 aliphatic rings. The number of thiophene rings is 1. The standard InChI is InChI=1S/C14H21N3OS/c1-9-10(2)19-13(11(9)8-15)17-12(18)6-7-16-14(3,4)5/h16H,6-7H2,1-5H3,(H,17,18). The fourth-order valence-electron chi connectivity index (χ4n) is 1.59. The van der Waals surface area contributed by atoms with Gasteiger partial charge in [0.25, 0.3) is 0 Å². The van der Waals surface area contributed by atoms with Gasteiger partial charge in [0.2, 0.25) is 5.91 Å². The molecule has 2 N–H and O–H groups in total. The number of nitrogens with one attached hydrogen (secondary N) is 2. The second-order valence-corrected chi connectivity index (χ2v) is 6.80. The molecule has 104 valence electrons. The Bertz CT molecular complexity index is 506. The van der Waals surface area contributed by atoms with Gasteiger partial charge in [-0.3, -0.25) is 4.79 Å². The number of hydrogen-bond acceptors (Lipinski definition) is 4. The number of nitriles is 1. The maximum Gasteiger partial charge on any atom is 0.226 e. The van der Waals surface area contributed by atoms with Crippen LogP contribution in [0.5, 0.6) is 0 Å². The highest BCUT2D eigenvalue weighted by Gasteiger charge is 2.15. The van der Waals surface area contributed by atoms with Gasteiger partial charge >= 0.3 is 0 Å². The van der Waals surface area contributed by atoms with Gasteiger partial charge in [-0.15, -0.1) is 11.3 Å². The van der Waals surface area contributed by atoms with Crippen LogP contribution in [-0.2, 0) is 4.79 Å². The van der Waals surface area contributed by atoms with Crippen LogP contribution >= 0.6 is 11.3 Å². The molecule has 1 aromatic heterocycles. The van der Waals surface area contributed by atoms with E-state index in [9.17, 15) is 4.79 Å². The van der Waals surface area contributed by atoms with E-state index >= 15 is 0 Å². The lowest BCUT2D eigenvalue weighted by Gasteiger charge is -2.20. The van der Waals surface area contributed by atoms with Crippen molar-refractivity contribution in [2.24, 2.45) is 0 Å². The average molecular weight is 279 g/mol. The first kappa shape index (κ1) is 15.7. The highest BCUT2D eigenvalue weighted by molar-refractivity contribution is 7.16. The minimum Gasteiger partial charge on any atom is -0.317 e. The Hall–Kier alpha value is -1.38. The molecule has 0 fully saturated rings. The van der Waals surface area contributed by atoms with Crippen LogP contribution in [0, 0.1) is 25.2 Å². The molecule has 0 atom stereocenters. The Morgan fingerprint density at radius 3 is 2.53 bits per heavy atom. The second kappa shape index (κ2) is 6.18. The number of amides is 1. The SMILES string of the molecule is Cc1sc(NC(=O)CCNC(C)(C)C)c(C#N)c1C. The van der Waals surface area contributed by atoms with Crippen LogP contribution in [0.4, 0.5) is 5.00 Å². The van der Waals surface area contributed by atoms with E-state index in [1.54, 1.807) is 0 Å². The highest BCUT2D eigenvalue weighted by Crippen LogP contribution is 2.31. The van der Waals surface area contributed by atoms with Gasteiger partial charge in [-0.2, -0.15) is 5.26 Å². The summed E-state index contributed by atoms with van der Waals surface area (Å²) in [6.45, 7) is 10.7. The maximum absolute atomic E-state index is 11.8. The molecule has 19 heavy (non-hydrogen) atoms. The van der Waals surface area contributed by atoms with Gasteiger partial charge in [-0.1, -0.05) is 0 Å². The van der Waals surface area contributed by atoms with Crippen LogP contribution in [-0.4, -0.2) is 18.0 Å². The quantitative estimate of drug-likeness (QED) is 0.890. The summed E-state index contributed by atoms with van der Waals surface area (Å²) in [6, 6.07) is 2.15. The van der Waals surface area contributed by atoms with E-state index in [-0.39, 0.29) is 11.4 Å². The van der Waals surface area contributed by atoms with Crippen LogP contribution in [0.2, 0.25) is 0 Å². The van der Waals surface area contributed by atoms with E-state index in [2.05, 4.69) is 37.5 Å². The molecule has 5 heteroatoms. The molecule has 0 aromatic carbocycles. The minimum absolute atomic E-state index is 0.00814. The fraction of sp³-hybridized carbons (Fsp3) is 0.571. The van der Waals surface area contributed by atoms with Gasteiger partial charge in [-0.05, 0) is 40.2 Å². The predicted octanol–water partition coefficient (Wildman–Crippen LogP) is 2.95. The zero-order valence-corrected chi connectivity index (χ0v) is 13.0. The Morgan fingerprint density at radius 1 is 1.37 bits per heavy atom. The van der Waals surface area contributed by atoms with Gasteiger partial charge in [0.1, 0.15) is 11.1 Å². The van der Waals surface area contributed by atoms with Crippen molar-refractivity contribution in [3.8, 4) is 6.07 Å². The van der Waals surface area contributed by atoms with Crippen molar-refractivity contribution in [3.63, 3.8) is 0 Å². The monoisotopic (exact) mass is 279 g/mol. The first-order valence-electron chi connectivity index (χ1n) is 6.29. The van der Waals surface area contributed by atoms with E-state index in [1.165, 1.54) is 11.3 Å². The summed E-state index contributed by atoms with van der Waals surface area (Å²) < 4.78 is 0. The van der Waals surface area contributed by atoms with Crippen molar-refractivity contribution < 1.29 is 4.79 Å². The number of carbonyl (C=O) groups is 1. The van der Waals surface area contributed by atoms with Crippen LogP contribution in [0.3, 0.4) is 0 Å². The molecule has 0 spiro atoms. The summed E-state index contributed by atoms with van der Waals surface area (Å²) in [5.41, 5.74) is 1.55. The van der Waals surface area contributed by atoms with Crippen LogP contribution in [0.15, 0.2) is 0 Å². The first-order chi connectivity index (χ1) is 8.74. The molecule has 1 aromatic rings. The summed E-state index contributed by atoms with van der Waals surface area (Å²) in [5, 5.41) is 15.9. The van der Waals surface area contributed by atoms with E-state index in [0.717, 1.165) is 10.4 Å². The molecular weight excluding hydrogens is 258 g/mol.